The normalized spacial score (nSPS) is 11.2. The van der Waals surface area contributed by atoms with Crippen LogP contribution in [0.25, 0.3) is 0 Å². The average molecular weight is 374 g/mol. The zero-order chi connectivity index (χ0) is 13.1. The Kier molecular flexibility index (Phi) is 11.3. The second-order valence-electron chi connectivity index (χ2n) is 3.80. The van der Waals surface area contributed by atoms with Crippen molar-refractivity contribution in [3.8, 4) is 0 Å². The number of hydrogen-bond donors (Lipinski definition) is 2. The molecule has 1 heterocycles. The Bertz CT molecular complexity index is 376. The zero-order valence-corrected chi connectivity index (χ0v) is 13.9. The predicted molar refractivity (Wildman–Crippen MR) is 91.9 cm³/mol. The number of pyridine rings is 1. The molecule has 0 spiro atoms. The molecule has 0 amide bonds. The van der Waals surface area contributed by atoms with Crippen molar-refractivity contribution in [1.82, 2.24) is 15.6 Å². The molecule has 0 atom stereocenters. The number of guanidine groups is 1. The Morgan fingerprint density at radius 1 is 1.37 bits per heavy atom. The first-order chi connectivity index (χ1) is 8.86. The first-order valence-electron chi connectivity index (χ1n) is 6.40. The Morgan fingerprint density at radius 3 is 2.84 bits per heavy atom. The van der Waals surface area contributed by atoms with Gasteiger partial charge >= 0.3 is 0 Å². The number of halogens is 1. The fraction of sp³-hybridized carbons (Fsp3) is 0.429. The predicted octanol–water partition coefficient (Wildman–Crippen LogP) is 2.72. The van der Waals surface area contributed by atoms with Gasteiger partial charge in [0.2, 0.25) is 0 Å². The van der Waals surface area contributed by atoms with Gasteiger partial charge < -0.3 is 10.6 Å². The van der Waals surface area contributed by atoms with Crippen LogP contribution < -0.4 is 10.6 Å². The molecule has 0 aromatic carbocycles. The first kappa shape index (κ1) is 17.9. The summed E-state index contributed by atoms with van der Waals surface area (Å²) in [6.45, 7) is 6.43. The number of allylic oxidation sites excluding steroid dienone is 1. The third kappa shape index (κ3) is 8.58. The van der Waals surface area contributed by atoms with Crippen LogP contribution in [0.2, 0.25) is 0 Å². The van der Waals surface area contributed by atoms with E-state index < -0.39 is 0 Å². The standard InChI is InChI=1S/C14H22N4.HI/c1-3-5-7-11-17-14(15-4-2)18-12-13-9-6-8-10-16-13;/h3,5-6,8-10H,4,7,11-12H2,1-2H3,(H2,15,17,18);1H. The van der Waals surface area contributed by atoms with E-state index in [1.807, 2.05) is 25.1 Å². The van der Waals surface area contributed by atoms with Crippen LogP contribution in [0.15, 0.2) is 41.5 Å². The van der Waals surface area contributed by atoms with Crippen molar-refractivity contribution in [2.45, 2.75) is 26.8 Å². The highest BCUT2D eigenvalue weighted by atomic mass is 127. The SMILES string of the molecule is CC=CCCNC(=NCc1ccccn1)NCC.I. The van der Waals surface area contributed by atoms with Crippen molar-refractivity contribution in [2.24, 2.45) is 4.99 Å². The number of aromatic nitrogens is 1. The summed E-state index contributed by atoms with van der Waals surface area (Å²) in [4.78, 5) is 8.74. The molecular formula is C14H23IN4. The minimum atomic E-state index is 0. The zero-order valence-electron chi connectivity index (χ0n) is 11.6. The third-order valence-electron chi connectivity index (χ3n) is 2.31. The van der Waals surface area contributed by atoms with E-state index in [0.29, 0.717) is 6.54 Å². The van der Waals surface area contributed by atoms with Crippen LogP contribution >= 0.6 is 24.0 Å². The van der Waals surface area contributed by atoms with Crippen LogP contribution in [-0.2, 0) is 6.54 Å². The van der Waals surface area contributed by atoms with Gasteiger partial charge in [0.25, 0.3) is 0 Å². The lowest BCUT2D eigenvalue weighted by molar-refractivity contribution is 0.806. The molecule has 19 heavy (non-hydrogen) atoms. The highest BCUT2D eigenvalue weighted by Crippen LogP contribution is 1.95. The van der Waals surface area contributed by atoms with Crippen molar-refractivity contribution in [3.05, 3.63) is 42.2 Å². The summed E-state index contributed by atoms with van der Waals surface area (Å²) in [7, 11) is 0. The van der Waals surface area contributed by atoms with Gasteiger partial charge in [-0.1, -0.05) is 18.2 Å². The van der Waals surface area contributed by atoms with Gasteiger partial charge in [-0.05, 0) is 32.4 Å². The highest BCUT2D eigenvalue weighted by Gasteiger charge is 1.96. The van der Waals surface area contributed by atoms with Gasteiger partial charge in [-0.25, -0.2) is 4.99 Å². The van der Waals surface area contributed by atoms with Crippen LogP contribution in [0, 0.1) is 0 Å². The second-order valence-corrected chi connectivity index (χ2v) is 3.80. The van der Waals surface area contributed by atoms with Crippen LogP contribution in [0.4, 0.5) is 0 Å². The molecule has 0 aliphatic heterocycles. The van der Waals surface area contributed by atoms with Gasteiger partial charge in [0.1, 0.15) is 0 Å². The van der Waals surface area contributed by atoms with E-state index in [2.05, 4.69) is 39.7 Å². The Labute approximate surface area is 132 Å². The maximum absolute atomic E-state index is 4.49. The third-order valence-corrected chi connectivity index (χ3v) is 2.31. The number of nitrogens with one attached hydrogen (secondary N) is 2. The van der Waals surface area contributed by atoms with E-state index in [1.54, 1.807) is 6.20 Å². The average Bonchev–Trinajstić information content (AvgIpc) is 2.42. The summed E-state index contributed by atoms with van der Waals surface area (Å²) in [6, 6.07) is 5.87. The van der Waals surface area contributed by atoms with Gasteiger partial charge in [-0.3, -0.25) is 4.98 Å². The summed E-state index contributed by atoms with van der Waals surface area (Å²) >= 11 is 0. The molecule has 0 saturated heterocycles. The molecule has 0 unspecified atom stereocenters. The van der Waals surface area contributed by atoms with Crippen molar-refractivity contribution < 1.29 is 0 Å². The molecule has 5 heteroatoms. The van der Waals surface area contributed by atoms with Gasteiger partial charge in [0, 0.05) is 19.3 Å². The fourth-order valence-electron chi connectivity index (χ4n) is 1.43. The van der Waals surface area contributed by atoms with E-state index in [0.717, 1.165) is 31.2 Å². The van der Waals surface area contributed by atoms with Crippen LogP contribution in [0.1, 0.15) is 26.0 Å². The summed E-state index contributed by atoms with van der Waals surface area (Å²) in [5.41, 5.74) is 0.975. The van der Waals surface area contributed by atoms with Gasteiger partial charge in [0.05, 0.1) is 12.2 Å². The van der Waals surface area contributed by atoms with Gasteiger partial charge in [-0.2, -0.15) is 0 Å². The lowest BCUT2D eigenvalue weighted by atomic mass is 10.3. The first-order valence-corrected chi connectivity index (χ1v) is 6.40. The molecule has 0 bridgehead atoms. The van der Waals surface area contributed by atoms with Crippen molar-refractivity contribution in [2.75, 3.05) is 13.1 Å². The van der Waals surface area contributed by atoms with Crippen LogP contribution in [0.3, 0.4) is 0 Å². The maximum Gasteiger partial charge on any atom is 0.191 e. The second kappa shape index (κ2) is 12.0. The summed E-state index contributed by atoms with van der Waals surface area (Å²) in [6.07, 6.45) is 6.98. The molecule has 1 rings (SSSR count). The van der Waals surface area contributed by atoms with E-state index >= 15 is 0 Å². The summed E-state index contributed by atoms with van der Waals surface area (Å²) in [5.74, 6) is 0.840. The van der Waals surface area contributed by atoms with E-state index in [9.17, 15) is 0 Å². The van der Waals surface area contributed by atoms with E-state index in [4.69, 9.17) is 0 Å². The van der Waals surface area contributed by atoms with E-state index in [-0.39, 0.29) is 24.0 Å². The molecule has 1 aromatic heterocycles. The smallest absolute Gasteiger partial charge is 0.191 e. The Morgan fingerprint density at radius 2 is 2.21 bits per heavy atom. The molecule has 1 aromatic rings. The number of hydrogen-bond acceptors (Lipinski definition) is 2. The van der Waals surface area contributed by atoms with Gasteiger partial charge in [-0.15, -0.1) is 24.0 Å². The molecule has 0 aliphatic rings. The lowest BCUT2D eigenvalue weighted by Gasteiger charge is -2.10. The Balaban J connectivity index is 0.00000324. The number of rotatable bonds is 6. The number of aliphatic imine (C=N–C) groups is 1. The largest absolute Gasteiger partial charge is 0.357 e. The van der Waals surface area contributed by atoms with Gasteiger partial charge in [0.15, 0.2) is 5.96 Å². The monoisotopic (exact) mass is 374 g/mol. The summed E-state index contributed by atoms with van der Waals surface area (Å²) < 4.78 is 0. The quantitative estimate of drug-likeness (QED) is 0.265. The maximum atomic E-state index is 4.49. The minimum absolute atomic E-state index is 0. The molecule has 0 radical (unpaired) electrons. The molecule has 106 valence electrons. The molecular weight excluding hydrogens is 351 g/mol. The lowest BCUT2D eigenvalue weighted by Crippen LogP contribution is -2.37. The van der Waals surface area contributed by atoms with E-state index in [1.165, 1.54) is 0 Å². The molecule has 0 aliphatic carbocycles. The molecule has 4 nitrogen and oxygen atoms in total. The molecule has 0 fully saturated rings. The van der Waals surface area contributed by atoms with Crippen LogP contribution in [0.5, 0.6) is 0 Å². The van der Waals surface area contributed by atoms with Crippen molar-refractivity contribution in [1.29, 1.82) is 0 Å². The Hall–Kier alpha value is -1.11. The van der Waals surface area contributed by atoms with Crippen molar-refractivity contribution in [3.63, 3.8) is 0 Å². The molecule has 0 saturated carbocycles. The summed E-state index contributed by atoms with van der Waals surface area (Å²) in [5, 5.41) is 6.50. The minimum Gasteiger partial charge on any atom is -0.357 e. The van der Waals surface area contributed by atoms with Crippen LogP contribution in [-0.4, -0.2) is 24.0 Å². The van der Waals surface area contributed by atoms with Crippen molar-refractivity contribution >= 4 is 29.9 Å². The molecule has 2 N–H and O–H groups in total. The fourth-order valence-corrected chi connectivity index (χ4v) is 1.43. The topological polar surface area (TPSA) is 49.3 Å². The number of nitrogens with zero attached hydrogens (tertiary/aromatic N) is 2. The highest BCUT2D eigenvalue weighted by molar-refractivity contribution is 14.0.